The SMILES string of the molecule is C(=C\c1nn[nH]n1)/c1cccc(OCc2ccc(OCc3ccc4ccccc4n3)cc2)c1. The zero-order chi connectivity index (χ0) is 22.3. The van der Waals surface area contributed by atoms with Crippen LogP contribution in [0.25, 0.3) is 23.1 Å². The van der Waals surface area contributed by atoms with Crippen LogP contribution in [0.3, 0.4) is 0 Å². The molecular formula is C26H21N5O2. The van der Waals surface area contributed by atoms with Crippen LogP contribution in [0.2, 0.25) is 0 Å². The lowest BCUT2D eigenvalue weighted by Gasteiger charge is -2.09. The first kappa shape index (κ1) is 20.4. The van der Waals surface area contributed by atoms with E-state index < -0.39 is 0 Å². The molecule has 0 atom stereocenters. The van der Waals surface area contributed by atoms with Crippen LogP contribution in [0.4, 0.5) is 0 Å². The number of benzene rings is 3. The summed E-state index contributed by atoms with van der Waals surface area (Å²) < 4.78 is 11.8. The van der Waals surface area contributed by atoms with Gasteiger partial charge in [-0.25, -0.2) is 4.98 Å². The summed E-state index contributed by atoms with van der Waals surface area (Å²) in [4.78, 5) is 4.64. The fraction of sp³-hybridized carbons (Fsp3) is 0.0769. The number of nitrogens with one attached hydrogen (secondary N) is 1. The highest BCUT2D eigenvalue weighted by Gasteiger charge is 2.02. The second-order valence-electron chi connectivity index (χ2n) is 7.39. The molecule has 5 aromatic rings. The Morgan fingerprint density at radius 1 is 0.758 bits per heavy atom. The third-order valence-electron chi connectivity index (χ3n) is 5.02. The highest BCUT2D eigenvalue weighted by molar-refractivity contribution is 5.78. The van der Waals surface area contributed by atoms with Crippen LogP contribution < -0.4 is 9.47 Å². The number of pyridine rings is 1. The van der Waals surface area contributed by atoms with Crippen LogP contribution in [0.1, 0.15) is 22.6 Å². The Morgan fingerprint density at radius 3 is 2.52 bits per heavy atom. The molecule has 2 heterocycles. The minimum Gasteiger partial charge on any atom is -0.489 e. The highest BCUT2D eigenvalue weighted by atomic mass is 16.5. The maximum absolute atomic E-state index is 5.95. The lowest BCUT2D eigenvalue weighted by Crippen LogP contribution is -1.99. The first-order valence-electron chi connectivity index (χ1n) is 10.5. The number of para-hydroxylation sites is 1. The summed E-state index contributed by atoms with van der Waals surface area (Å²) >= 11 is 0. The number of H-pyrrole nitrogens is 1. The third-order valence-corrected chi connectivity index (χ3v) is 5.02. The van der Waals surface area contributed by atoms with Gasteiger partial charge in [-0.15, -0.1) is 10.2 Å². The molecule has 0 radical (unpaired) electrons. The fourth-order valence-corrected chi connectivity index (χ4v) is 3.31. The lowest BCUT2D eigenvalue weighted by molar-refractivity contribution is 0.298. The molecule has 0 bridgehead atoms. The Bertz CT molecular complexity index is 1370. The Balaban J connectivity index is 1.15. The van der Waals surface area contributed by atoms with Gasteiger partial charge in [0.1, 0.15) is 24.7 Å². The van der Waals surface area contributed by atoms with Crippen molar-refractivity contribution < 1.29 is 9.47 Å². The molecule has 2 aromatic heterocycles. The summed E-state index contributed by atoms with van der Waals surface area (Å²) in [7, 11) is 0. The number of nitrogens with zero attached hydrogens (tertiary/aromatic N) is 4. The quantitative estimate of drug-likeness (QED) is 0.366. The summed E-state index contributed by atoms with van der Waals surface area (Å²) in [5.74, 6) is 2.11. The molecule has 162 valence electrons. The molecular weight excluding hydrogens is 414 g/mol. The van der Waals surface area contributed by atoms with E-state index in [9.17, 15) is 0 Å². The Kier molecular flexibility index (Phi) is 6.02. The summed E-state index contributed by atoms with van der Waals surface area (Å²) in [6.45, 7) is 0.884. The molecule has 5 rings (SSSR count). The number of aromatic amines is 1. The molecule has 0 aliphatic rings. The highest BCUT2D eigenvalue weighted by Crippen LogP contribution is 2.19. The van der Waals surface area contributed by atoms with Crippen molar-refractivity contribution in [3.63, 3.8) is 0 Å². The summed E-state index contributed by atoms with van der Waals surface area (Å²) in [5, 5.41) is 14.9. The molecule has 0 saturated heterocycles. The molecule has 0 aliphatic carbocycles. The van der Waals surface area contributed by atoms with E-state index in [1.165, 1.54) is 0 Å². The molecule has 33 heavy (non-hydrogen) atoms. The summed E-state index contributed by atoms with van der Waals surface area (Å²) in [5.41, 5.74) is 3.91. The fourth-order valence-electron chi connectivity index (χ4n) is 3.31. The van der Waals surface area contributed by atoms with E-state index in [-0.39, 0.29) is 0 Å². The maximum Gasteiger partial charge on any atom is 0.197 e. The van der Waals surface area contributed by atoms with E-state index in [1.807, 2.05) is 78.9 Å². The maximum atomic E-state index is 5.95. The van der Waals surface area contributed by atoms with Crippen LogP contribution in [0.15, 0.2) is 84.9 Å². The molecule has 0 spiro atoms. The number of ether oxygens (including phenoxy) is 2. The molecule has 7 heteroatoms. The Hall–Kier alpha value is -4.52. The molecule has 0 fully saturated rings. The number of aromatic nitrogens is 5. The van der Waals surface area contributed by atoms with Crippen molar-refractivity contribution in [1.82, 2.24) is 25.6 Å². The van der Waals surface area contributed by atoms with Crippen LogP contribution in [-0.2, 0) is 13.2 Å². The van der Waals surface area contributed by atoms with Gasteiger partial charge >= 0.3 is 0 Å². The second kappa shape index (κ2) is 9.74. The predicted molar refractivity (Wildman–Crippen MR) is 126 cm³/mol. The largest absolute Gasteiger partial charge is 0.489 e. The van der Waals surface area contributed by atoms with E-state index in [0.717, 1.165) is 39.2 Å². The summed E-state index contributed by atoms with van der Waals surface area (Å²) in [6, 6.07) is 27.9. The Morgan fingerprint density at radius 2 is 1.64 bits per heavy atom. The average molecular weight is 435 g/mol. The monoisotopic (exact) mass is 435 g/mol. The van der Waals surface area contributed by atoms with Crippen LogP contribution >= 0.6 is 0 Å². The molecule has 0 saturated carbocycles. The van der Waals surface area contributed by atoms with Gasteiger partial charge in [-0.05, 0) is 58.8 Å². The van der Waals surface area contributed by atoms with Gasteiger partial charge in [0.2, 0.25) is 0 Å². The van der Waals surface area contributed by atoms with Gasteiger partial charge < -0.3 is 9.47 Å². The minimum absolute atomic E-state index is 0.421. The van der Waals surface area contributed by atoms with E-state index in [0.29, 0.717) is 19.0 Å². The van der Waals surface area contributed by atoms with Crippen molar-refractivity contribution in [3.05, 3.63) is 108 Å². The van der Waals surface area contributed by atoms with Crippen molar-refractivity contribution in [2.45, 2.75) is 13.2 Å². The standard InChI is InChI=1S/C26H21N5O2/c1-2-7-25-21(5-1)11-12-22(27-25)18-33-23-13-8-20(9-14-23)17-32-24-6-3-4-19(16-24)10-15-26-28-30-31-29-26/h1-16H,17-18H2,(H,28,29,30,31)/b15-10+. The molecule has 0 unspecified atom stereocenters. The van der Waals surface area contributed by atoms with Gasteiger partial charge in [-0.2, -0.15) is 5.21 Å². The predicted octanol–water partition coefficient (Wildman–Crippen LogP) is 5.08. The van der Waals surface area contributed by atoms with Gasteiger partial charge in [0, 0.05) is 5.39 Å². The van der Waals surface area contributed by atoms with E-state index in [2.05, 4.69) is 37.7 Å². The van der Waals surface area contributed by atoms with Crippen molar-refractivity contribution in [2.75, 3.05) is 0 Å². The van der Waals surface area contributed by atoms with Gasteiger partial charge in [0.25, 0.3) is 0 Å². The number of rotatable bonds is 8. The van der Waals surface area contributed by atoms with E-state index >= 15 is 0 Å². The van der Waals surface area contributed by atoms with Gasteiger partial charge in [0.05, 0.1) is 11.2 Å². The van der Waals surface area contributed by atoms with Crippen molar-refractivity contribution in [2.24, 2.45) is 0 Å². The first-order chi connectivity index (χ1) is 16.3. The van der Waals surface area contributed by atoms with Crippen LogP contribution in [0.5, 0.6) is 11.5 Å². The van der Waals surface area contributed by atoms with Gasteiger partial charge in [0.15, 0.2) is 5.82 Å². The van der Waals surface area contributed by atoms with Gasteiger partial charge in [-0.3, -0.25) is 0 Å². The van der Waals surface area contributed by atoms with Crippen molar-refractivity contribution in [3.8, 4) is 11.5 Å². The third kappa shape index (κ3) is 5.40. The first-order valence-corrected chi connectivity index (χ1v) is 10.5. The van der Waals surface area contributed by atoms with Crippen LogP contribution in [-0.4, -0.2) is 25.6 Å². The van der Waals surface area contributed by atoms with Crippen LogP contribution in [0, 0.1) is 0 Å². The number of hydrogen-bond donors (Lipinski definition) is 1. The minimum atomic E-state index is 0.421. The topological polar surface area (TPSA) is 85.8 Å². The van der Waals surface area contributed by atoms with E-state index in [1.54, 1.807) is 6.08 Å². The Labute approximate surface area is 190 Å². The van der Waals surface area contributed by atoms with Crippen molar-refractivity contribution >= 4 is 23.1 Å². The molecule has 0 aliphatic heterocycles. The zero-order valence-electron chi connectivity index (χ0n) is 17.8. The number of fused-ring (bicyclic) bond motifs is 1. The lowest BCUT2D eigenvalue weighted by atomic mass is 10.2. The van der Waals surface area contributed by atoms with E-state index in [4.69, 9.17) is 9.47 Å². The average Bonchev–Trinajstić information content (AvgIpc) is 3.40. The molecule has 0 amide bonds. The molecule has 7 nitrogen and oxygen atoms in total. The molecule has 1 N–H and O–H groups in total. The smallest absolute Gasteiger partial charge is 0.197 e. The molecule has 3 aromatic carbocycles. The normalized spacial score (nSPS) is 11.2. The van der Waals surface area contributed by atoms with Gasteiger partial charge in [-0.1, -0.05) is 54.6 Å². The summed E-state index contributed by atoms with van der Waals surface area (Å²) in [6.07, 6.45) is 3.70. The van der Waals surface area contributed by atoms with Crippen molar-refractivity contribution in [1.29, 1.82) is 0 Å². The zero-order valence-corrected chi connectivity index (χ0v) is 17.8. The number of hydrogen-bond acceptors (Lipinski definition) is 6. The second-order valence-corrected chi connectivity index (χ2v) is 7.39. The number of tetrazole rings is 1.